The third-order valence-corrected chi connectivity index (χ3v) is 3.83. The average Bonchev–Trinajstić information content (AvgIpc) is 2.36. The molecule has 18 heavy (non-hydrogen) atoms. The second-order valence-corrected chi connectivity index (χ2v) is 6.22. The summed E-state index contributed by atoms with van der Waals surface area (Å²) in [6, 6.07) is 2.37. The van der Waals surface area contributed by atoms with Crippen molar-refractivity contribution in [2.75, 3.05) is 33.4 Å². The van der Waals surface area contributed by atoms with Crippen LogP contribution < -0.4 is 0 Å². The fourth-order valence-electron chi connectivity index (χ4n) is 2.68. The van der Waals surface area contributed by atoms with E-state index in [0.29, 0.717) is 0 Å². The number of methoxy groups -OCH3 is 1. The van der Waals surface area contributed by atoms with Crippen molar-refractivity contribution in [3.05, 3.63) is 0 Å². The van der Waals surface area contributed by atoms with Crippen LogP contribution in [-0.2, 0) is 4.74 Å². The van der Waals surface area contributed by atoms with E-state index in [1.807, 2.05) is 13.8 Å². The van der Waals surface area contributed by atoms with Crippen molar-refractivity contribution >= 4 is 0 Å². The lowest BCUT2D eigenvalue weighted by atomic mass is 9.89. The van der Waals surface area contributed by atoms with Crippen LogP contribution in [0.1, 0.15) is 46.0 Å². The molecule has 3 nitrogen and oxygen atoms in total. The van der Waals surface area contributed by atoms with Gasteiger partial charge in [-0.2, -0.15) is 5.26 Å². The summed E-state index contributed by atoms with van der Waals surface area (Å²) in [5, 5.41) is 8.96. The van der Waals surface area contributed by atoms with Crippen LogP contribution >= 0.6 is 0 Å². The maximum Gasteiger partial charge on any atom is 0.0683 e. The van der Waals surface area contributed by atoms with Gasteiger partial charge < -0.3 is 9.64 Å². The third kappa shape index (κ3) is 5.84. The summed E-state index contributed by atoms with van der Waals surface area (Å²) in [6.45, 7) is 8.57. The Morgan fingerprint density at radius 1 is 1.39 bits per heavy atom. The van der Waals surface area contributed by atoms with Gasteiger partial charge in [-0.25, -0.2) is 0 Å². The topological polar surface area (TPSA) is 36.3 Å². The summed E-state index contributed by atoms with van der Waals surface area (Å²) < 4.78 is 5.25. The minimum Gasteiger partial charge on any atom is -0.384 e. The van der Waals surface area contributed by atoms with Gasteiger partial charge in [0.15, 0.2) is 0 Å². The molecule has 3 heteroatoms. The van der Waals surface area contributed by atoms with Crippen LogP contribution in [0.15, 0.2) is 0 Å². The van der Waals surface area contributed by atoms with Gasteiger partial charge in [-0.1, -0.05) is 6.42 Å². The first-order valence-electron chi connectivity index (χ1n) is 7.20. The van der Waals surface area contributed by atoms with E-state index in [4.69, 9.17) is 10.00 Å². The van der Waals surface area contributed by atoms with Crippen LogP contribution in [0.25, 0.3) is 0 Å². The summed E-state index contributed by atoms with van der Waals surface area (Å²) in [5.74, 6) is 0.722. The lowest BCUT2D eigenvalue weighted by molar-refractivity contribution is 0.0895. The van der Waals surface area contributed by atoms with E-state index in [2.05, 4.69) is 11.0 Å². The summed E-state index contributed by atoms with van der Waals surface area (Å²) in [7, 11) is 1.79. The summed E-state index contributed by atoms with van der Waals surface area (Å²) in [6.07, 6.45) is 6.00. The molecule has 0 aliphatic carbocycles. The van der Waals surface area contributed by atoms with Crippen molar-refractivity contribution in [2.24, 2.45) is 11.3 Å². The quantitative estimate of drug-likeness (QED) is 0.653. The Morgan fingerprint density at radius 3 is 2.83 bits per heavy atom. The summed E-state index contributed by atoms with van der Waals surface area (Å²) in [5.41, 5.74) is -0.152. The smallest absolute Gasteiger partial charge is 0.0683 e. The molecule has 104 valence electrons. The zero-order valence-corrected chi connectivity index (χ0v) is 12.2. The molecule has 0 aromatic heterocycles. The lowest BCUT2D eigenvalue weighted by Gasteiger charge is -2.32. The first-order valence-corrected chi connectivity index (χ1v) is 7.20. The number of ether oxygens (including phenoxy) is 1. The van der Waals surface area contributed by atoms with Crippen LogP contribution in [0.5, 0.6) is 0 Å². The standard InChI is InChI=1S/C15H28N2O/c1-15(2,13-16)8-4-5-9-17-10-6-7-14(11-17)12-18-3/h14H,4-12H2,1-3H3. The maximum absolute atomic E-state index is 8.96. The van der Waals surface area contributed by atoms with Gasteiger partial charge in [-0.15, -0.1) is 0 Å². The maximum atomic E-state index is 8.96. The van der Waals surface area contributed by atoms with E-state index in [1.54, 1.807) is 7.11 Å². The van der Waals surface area contributed by atoms with Gasteiger partial charge in [0.25, 0.3) is 0 Å². The van der Waals surface area contributed by atoms with Gasteiger partial charge in [0.2, 0.25) is 0 Å². The zero-order chi connectivity index (χ0) is 13.4. The molecule has 0 bridgehead atoms. The molecule has 0 N–H and O–H groups in total. The van der Waals surface area contributed by atoms with Crippen molar-refractivity contribution in [1.29, 1.82) is 5.26 Å². The Kier molecular flexibility index (Phi) is 6.67. The highest BCUT2D eigenvalue weighted by atomic mass is 16.5. The Balaban J connectivity index is 2.14. The van der Waals surface area contributed by atoms with Crippen LogP contribution in [0.4, 0.5) is 0 Å². The number of unbranched alkanes of at least 4 members (excludes halogenated alkanes) is 1. The number of nitriles is 1. The molecule has 0 aromatic carbocycles. The van der Waals surface area contributed by atoms with E-state index >= 15 is 0 Å². The fraction of sp³-hybridized carbons (Fsp3) is 0.933. The highest BCUT2D eigenvalue weighted by Gasteiger charge is 2.20. The Labute approximate surface area is 112 Å². The van der Waals surface area contributed by atoms with Crippen molar-refractivity contribution in [3.8, 4) is 6.07 Å². The van der Waals surface area contributed by atoms with Gasteiger partial charge in [0.1, 0.15) is 0 Å². The third-order valence-electron chi connectivity index (χ3n) is 3.83. The van der Waals surface area contributed by atoms with Crippen LogP contribution in [0.2, 0.25) is 0 Å². The summed E-state index contributed by atoms with van der Waals surface area (Å²) in [4.78, 5) is 2.56. The van der Waals surface area contributed by atoms with E-state index < -0.39 is 0 Å². The van der Waals surface area contributed by atoms with Crippen LogP contribution in [-0.4, -0.2) is 38.3 Å². The highest BCUT2D eigenvalue weighted by molar-refractivity contribution is 4.91. The average molecular weight is 252 g/mol. The van der Waals surface area contributed by atoms with E-state index in [-0.39, 0.29) is 5.41 Å². The van der Waals surface area contributed by atoms with Crippen molar-refractivity contribution in [1.82, 2.24) is 4.90 Å². The fourth-order valence-corrected chi connectivity index (χ4v) is 2.68. The minimum absolute atomic E-state index is 0.152. The van der Waals surface area contributed by atoms with E-state index in [0.717, 1.165) is 25.4 Å². The van der Waals surface area contributed by atoms with Crippen molar-refractivity contribution in [2.45, 2.75) is 46.0 Å². The van der Waals surface area contributed by atoms with Crippen molar-refractivity contribution < 1.29 is 4.74 Å². The molecule has 1 atom stereocenters. The number of hydrogen-bond acceptors (Lipinski definition) is 3. The van der Waals surface area contributed by atoms with Crippen LogP contribution in [0, 0.1) is 22.7 Å². The second-order valence-electron chi connectivity index (χ2n) is 6.22. The molecule has 1 heterocycles. The Morgan fingerprint density at radius 2 is 2.17 bits per heavy atom. The van der Waals surface area contributed by atoms with Crippen LogP contribution in [0.3, 0.4) is 0 Å². The molecule has 0 amide bonds. The molecule has 1 aliphatic rings. The Bertz CT molecular complexity index is 268. The molecule has 1 unspecified atom stereocenters. The molecule has 1 aliphatic heterocycles. The van der Waals surface area contributed by atoms with Gasteiger partial charge in [0.05, 0.1) is 18.1 Å². The molecule has 0 radical (unpaired) electrons. The SMILES string of the molecule is COCC1CCCN(CCCCC(C)(C)C#N)C1. The first kappa shape index (κ1) is 15.5. The number of likely N-dealkylation sites (tertiary alicyclic amines) is 1. The van der Waals surface area contributed by atoms with E-state index in [1.165, 1.54) is 38.9 Å². The largest absolute Gasteiger partial charge is 0.384 e. The molecular formula is C15H28N2O. The van der Waals surface area contributed by atoms with Gasteiger partial charge in [-0.05, 0) is 58.5 Å². The molecule has 1 saturated heterocycles. The molecule has 0 spiro atoms. The highest BCUT2D eigenvalue weighted by Crippen LogP contribution is 2.22. The molecule has 0 aromatic rings. The normalized spacial score (nSPS) is 21.8. The predicted molar refractivity (Wildman–Crippen MR) is 74.3 cm³/mol. The van der Waals surface area contributed by atoms with Gasteiger partial charge >= 0.3 is 0 Å². The summed E-state index contributed by atoms with van der Waals surface area (Å²) >= 11 is 0. The molecule has 0 saturated carbocycles. The molecule has 1 rings (SSSR count). The van der Waals surface area contributed by atoms with Crippen molar-refractivity contribution in [3.63, 3.8) is 0 Å². The van der Waals surface area contributed by atoms with Gasteiger partial charge in [-0.3, -0.25) is 0 Å². The first-order chi connectivity index (χ1) is 8.57. The number of rotatable bonds is 7. The zero-order valence-electron chi connectivity index (χ0n) is 12.2. The monoisotopic (exact) mass is 252 g/mol. The van der Waals surface area contributed by atoms with Gasteiger partial charge in [0, 0.05) is 13.7 Å². The Hall–Kier alpha value is -0.590. The van der Waals surface area contributed by atoms with E-state index in [9.17, 15) is 0 Å². The number of hydrogen-bond donors (Lipinski definition) is 0. The second kappa shape index (κ2) is 7.76. The number of nitrogens with zero attached hydrogens (tertiary/aromatic N) is 2. The lowest BCUT2D eigenvalue weighted by Crippen LogP contribution is -2.37. The molecule has 1 fully saturated rings. The molecular weight excluding hydrogens is 224 g/mol. The minimum atomic E-state index is -0.152. The number of piperidine rings is 1. The predicted octanol–water partition coefficient (Wildman–Crippen LogP) is 3.06.